The molecule has 3 aliphatic rings. The lowest BCUT2D eigenvalue weighted by Gasteiger charge is -2.23. The molecule has 0 saturated carbocycles. The van der Waals surface area contributed by atoms with Crippen LogP contribution in [0.2, 0.25) is 0 Å². The molecule has 0 aliphatic carbocycles. The van der Waals surface area contributed by atoms with E-state index in [1.165, 1.54) is 0 Å². The number of nitrogens with zero attached hydrogens (tertiary/aromatic N) is 1. The van der Waals surface area contributed by atoms with Gasteiger partial charge in [-0.15, -0.1) is 0 Å². The Bertz CT molecular complexity index is 1570. The molecule has 2 bridgehead atoms. The lowest BCUT2D eigenvalue weighted by molar-refractivity contribution is -0.885. The number of rotatable bonds is 12. The summed E-state index contributed by atoms with van der Waals surface area (Å²) >= 11 is 0. The molecule has 10 heteroatoms. The van der Waals surface area contributed by atoms with E-state index in [1.807, 2.05) is 37.5 Å². The second kappa shape index (κ2) is 14.5. The Balaban J connectivity index is 1.32. The number of allylic oxidation sites excluding steroid dienone is 1. The number of nitrogens with two attached hydrogens (primary N) is 2. The quantitative estimate of drug-likeness (QED) is 0.139. The van der Waals surface area contributed by atoms with Gasteiger partial charge in [0, 0.05) is 24.6 Å². The summed E-state index contributed by atoms with van der Waals surface area (Å²) in [6, 6.07) is 10.6. The van der Waals surface area contributed by atoms with Crippen molar-refractivity contribution >= 4 is 12.0 Å². The van der Waals surface area contributed by atoms with Crippen molar-refractivity contribution in [1.29, 1.82) is 0 Å². The number of nitrogens with one attached hydrogen (secondary N) is 1. The highest BCUT2D eigenvalue weighted by molar-refractivity contribution is 5.87. The van der Waals surface area contributed by atoms with Gasteiger partial charge in [-0.3, -0.25) is 14.7 Å². The summed E-state index contributed by atoms with van der Waals surface area (Å²) in [6.07, 6.45) is 3.27. The van der Waals surface area contributed by atoms with Gasteiger partial charge in [0.2, 0.25) is 6.23 Å². The maximum Gasteiger partial charge on any atom is 0.247 e. The van der Waals surface area contributed by atoms with Crippen LogP contribution in [-0.2, 0) is 17.6 Å². The molecule has 0 fully saturated rings. The van der Waals surface area contributed by atoms with Crippen LogP contribution < -0.4 is 21.1 Å². The van der Waals surface area contributed by atoms with E-state index in [2.05, 4.69) is 16.8 Å². The van der Waals surface area contributed by atoms with Crippen molar-refractivity contribution in [3.8, 4) is 23.3 Å². The molecule has 3 heterocycles. The summed E-state index contributed by atoms with van der Waals surface area (Å²) in [7, 11) is 0. The van der Waals surface area contributed by atoms with Crippen molar-refractivity contribution in [2.24, 2.45) is 16.5 Å². The maximum atomic E-state index is 12.5. The fraction of sp³-hybridized carbons (Fsp3) is 0.429. The number of benzene rings is 2. The summed E-state index contributed by atoms with van der Waals surface area (Å²) in [5, 5.41) is 41.8. The Morgan fingerprint density at radius 2 is 2.00 bits per heavy atom. The van der Waals surface area contributed by atoms with Gasteiger partial charge in [-0.05, 0) is 65.6 Å². The van der Waals surface area contributed by atoms with E-state index in [0.29, 0.717) is 31.4 Å². The summed E-state index contributed by atoms with van der Waals surface area (Å²) < 4.78 is 6.38. The van der Waals surface area contributed by atoms with Gasteiger partial charge < -0.3 is 36.6 Å². The van der Waals surface area contributed by atoms with Crippen LogP contribution in [0.3, 0.4) is 0 Å². The number of phenols is 1. The first-order chi connectivity index (χ1) is 21.6. The fourth-order valence-electron chi connectivity index (χ4n) is 6.08. The third-order valence-electron chi connectivity index (χ3n) is 8.54. The van der Waals surface area contributed by atoms with Crippen molar-refractivity contribution in [1.82, 2.24) is 0 Å². The first kappa shape index (κ1) is 32.6. The van der Waals surface area contributed by atoms with Crippen molar-refractivity contribution < 1.29 is 34.9 Å². The molecule has 0 saturated heterocycles. The summed E-state index contributed by atoms with van der Waals surface area (Å²) in [5.74, 6) is 6.21. The van der Waals surface area contributed by atoms with Gasteiger partial charge in [-0.2, -0.15) is 0 Å². The molecule has 5 rings (SSSR count). The molecule has 10 nitrogen and oxygen atoms in total. The van der Waals surface area contributed by atoms with Crippen LogP contribution in [0.4, 0.5) is 0 Å². The second-order valence-electron chi connectivity index (χ2n) is 12.1. The molecule has 2 aromatic carbocycles. The average molecular weight is 616 g/mol. The van der Waals surface area contributed by atoms with E-state index >= 15 is 0 Å². The number of quaternary nitrogens is 1. The average Bonchev–Trinajstić information content (AvgIpc) is 3.58. The Morgan fingerprint density at radius 1 is 1.18 bits per heavy atom. The number of phenolic OH excluding ortho intramolecular Hbond substituents is 1. The molecular formula is C35H43N4O6+. The largest absolute Gasteiger partial charge is 0.504 e. The molecule has 45 heavy (non-hydrogen) atoms. The minimum atomic E-state index is -1.02. The van der Waals surface area contributed by atoms with Crippen LogP contribution >= 0.6 is 0 Å². The molecular weight excluding hydrogens is 572 g/mol. The minimum Gasteiger partial charge on any atom is -0.504 e. The number of hydrogen-bond acceptors (Lipinski definition) is 9. The topological polar surface area (TPSA) is 176 Å². The van der Waals surface area contributed by atoms with Gasteiger partial charge in [0.25, 0.3) is 0 Å². The zero-order chi connectivity index (χ0) is 32.1. The van der Waals surface area contributed by atoms with E-state index in [1.54, 1.807) is 18.2 Å². The molecule has 3 aliphatic heterocycles. The number of carbonyl (C=O) groups excluding carboxylic acids is 1. The Kier molecular flexibility index (Phi) is 10.5. The number of carbonyl (C=O) groups is 1. The third-order valence-corrected chi connectivity index (χ3v) is 8.54. The van der Waals surface area contributed by atoms with E-state index in [0.717, 1.165) is 44.9 Å². The molecule has 0 spiro atoms. The zero-order valence-electron chi connectivity index (χ0n) is 25.6. The van der Waals surface area contributed by atoms with Gasteiger partial charge in [-0.25, -0.2) is 0 Å². The number of aliphatic hydroxyl groups excluding tert-OH is 3. The van der Waals surface area contributed by atoms with Crippen LogP contribution in [0, 0.1) is 11.8 Å². The van der Waals surface area contributed by atoms with Crippen molar-refractivity contribution in [2.45, 2.75) is 89.0 Å². The number of hydrogen-bond donors (Lipinski definition) is 7. The van der Waals surface area contributed by atoms with Crippen LogP contribution in [-0.4, -0.2) is 57.4 Å². The standard InChI is InChI=1S/C35H42N4O6/c1-2-4-25(40)16-27(42)17-26(41)10-7-21-8-12-32(44)33(13-21)45-34-6-3-5-31(43)28-11-9-22(35(36)37)14-23(28)15-24-18-38-30-20-39(34)19-29(24)30/h8-9,11-14,18,20,25,27,31,34-35,40,42-44H,2,4,6-7,10,15-17,19,36-37H2,1H3/p+1. The van der Waals surface area contributed by atoms with Crippen LogP contribution in [0.25, 0.3) is 0 Å². The molecule has 0 radical (unpaired) electrons. The number of aliphatic hydroxyl groups is 3. The van der Waals surface area contributed by atoms with Crippen molar-refractivity contribution in [3.63, 3.8) is 0 Å². The molecule has 0 aromatic heterocycles. The third kappa shape index (κ3) is 8.07. The molecule has 238 valence electrons. The summed E-state index contributed by atoms with van der Waals surface area (Å²) in [4.78, 5) is 18.1. The van der Waals surface area contributed by atoms with E-state index < -0.39 is 30.7 Å². The monoisotopic (exact) mass is 615 g/mol. The van der Waals surface area contributed by atoms with Gasteiger partial charge in [0.1, 0.15) is 36.7 Å². The predicted molar refractivity (Wildman–Crippen MR) is 170 cm³/mol. The summed E-state index contributed by atoms with van der Waals surface area (Å²) in [6.45, 7) is 2.58. The number of Topliss-reactive ketones (excluding diaryl/α,β-unsaturated/α-hetero) is 1. The van der Waals surface area contributed by atoms with Crippen molar-refractivity contribution in [2.75, 3.05) is 6.54 Å². The van der Waals surface area contributed by atoms with Gasteiger partial charge in [0.05, 0.1) is 18.4 Å². The zero-order valence-corrected chi connectivity index (χ0v) is 25.6. The lowest BCUT2D eigenvalue weighted by atomic mass is 9.92. The number of aliphatic imine (C=N–C) groups is 1. The molecule has 5 unspecified atom stereocenters. The van der Waals surface area contributed by atoms with Gasteiger partial charge in [0.15, 0.2) is 11.5 Å². The predicted octanol–water partition coefficient (Wildman–Crippen LogP) is 1.62. The molecule has 0 amide bonds. The number of fused-ring (bicyclic) bond motifs is 2. The molecule has 9 N–H and O–H groups in total. The highest BCUT2D eigenvalue weighted by atomic mass is 16.5. The van der Waals surface area contributed by atoms with Crippen LogP contribution in [0.15, 0.2) is 64.4 Å². The normalized spacial score (nSPS) is 21.8. The smallest absolute Gasteiger partial charge is 0.247 e. The first-order valence-electron chi connectivity index (χ1n) is 15.6. The van der Waals surface area contributed by atoms with E-state index in [-0.39, 0.29) is 43.0 Å². The van der Waals surface area contributed by atoms with Crippen LogP contribution in [0.1, 0.15) is 80.0 Å². The van der Waals surface area contributed by atoms with E-state index in [9.17, 15) is 25.2 Å². The Hall–Kier alpha value is -3.82. The highest BCUT2D eigenvalue weighted by Crippen LogP contribution is 2.31. The number of ketones is 1. The SMILES string of the molecule is CCCC(O)CC(O)CC(=O)CCc1ccc(O)c(OC2CC#CC(O)c3ccc(C(N)N)cc3CC3=C4C[NH+]2C=C4N=C3)c1. The lowest BCUT2D eigenvalue weighted by Crippen LogP contribution is -3.11. The van der Waals surface area contributed by atoms with Crippen LogP contribution in [0.5, 0.6) is 11.5 Å². The van der Waals surface area contributed by atoms with Gasteiger partial charge >= 0.3 is 0 Å². The first-order valence-corrected chi connectivity index (χ1v) is 15.6. The minimum absolute atomic E-state index is 0.00564. The second-order valence-corrected chi connectivity index (χ2v) is 12.1. The molecule has 5 atom stereocenters. The number of aryl methyl sites for hydroxylation is 1. The maximum absolute atomic E-state index is 12.5. The van der Waals surface area contributed by atoms with Gasteiger partial charge in [-0.1, -0.05) is 49.5 Å². The Labute approximate surface area is 263 Å². The van der Waals surface area contributed by atoms with Crippen molar-refractivity contribution in [3.05, 3.63) is 81.7 Å². The van der Waals surface area contributed by atoms with E-state index in [4.69, 9.17) is 16.2 Å². The number of ether oxygens (including phenoxy) is 1. The Morgan fingerprint density at radius 3 is 2.78 bits per heavy atom. The molecule has 2 aromatic rings. The highest BCUT2D eigenvalue weighted by Gasteiger charge is 2.35. The summed E-state index contributed by atoms with van der Waals surface area (Å²) in [5.41, 5.74) is 18.0. The fourth-order valence-corrected chi connectivity index (χ4v) is 6.08. The number of aromatic hydroxyl groups is 1.